The molecule has 3 N–H and O–H groups in total. The van der Waals surface area contributed by atoms with Gasteiger partial charge in [0, 0.05) is 5.56 Å². The van der Waals surface area contributed by atoms with Crippen LogP contribution in [0.4, 0.5) is 13.2 Å². The van der Waals surface area contributed by atoms with Gasteiger partial charge in [0.1, 0.15) is 10.9 Å². The fourth-order valence-electron chi connectivity index (χ4n) is 2.82. The van der Waals surface area contributed by atoms with Crippen LogP contribution < -0.4 is 4.72 Å². The van der Waals surface area contributed by atoms with Crippen LogP contribution in [0.15, 0.2) is 21.4 Å². The summed E-state index contributed by atoms with van der Waals surface area (Å²) in [6.45, 7) is 3.25. The minimum absolute atomic E-state index is 0.0157. The van der Waals surface area contributed by atoms with E-state index in [0.29, 0.717) is 11.8 Å². The summed E-state index contributed by atoms with van der Waals surface area (Å²) < 4.78 is 70.5. The Labute approximate surface area is 212 Å². The molecule has 2 heterocycles. The van der Waals surface area contributed by atoms with Gasteiger partial charge in [-0.25, -0.2) is 13.4 Å². The van der Waals surface area contributed by atoms with Gasteiger partial charge in [-0.15, -0.1) is 21.5 Å². The summed E-state index contributed by atoms with van der Waals surface area (Å²) in [6.07, 6.45) is -4.72. The van der Waals surface area contributed by atoms with Gasteiger partial charge in [0.05, 0.1) is 39.2 Å². The number of sulfonamides is 1. The summed E-state index contributed by atoms with van der Waals surface area (Å²) >= 11 is 13.4. The molecule has 0 aliphatic rings. The largest absolute Gasteiger partial charge is 0.419 e. The number of aliphatic hydroxyl groups is 2. The normalized spacial score (nSPS) is 13.9. The molecule has 9 nitrogen and oxygen atoms in total. The van der Waals surface area contributed by atoms with Crippen LogP contribution in [-0.2, 0) is 23.1 Å². The number of nitrogens with zero attached hydrogens (tertiary/aromatic N) is 3. The predicted molar refractivity (Wildman–Crippen MR) is 123 cm³/mol. The maximum Gasteiger partial charge on any atom is 0.404 e. The van der Waals surface area contributed by atoms with Crippen molar-refractivity contribution in [2.75, 3.05) is 0 Å². The number of thiazole rings is 1. The topological polar surface area (TPSA) is 138 Å². The third-order valence-electron chi connectivity index (χ3n) is 4.48. The smallest absolute Gasteiger partial charge is 0.404 e. The zero-order valence-corrected chi connectivity index (χ0v) is 21.5. The van der Waals surface area contributed by atoms with Crippen LogP contribution in [0.5, 0.6) is 0 Å². The Hall–Kier alpha value is -1.81. The van der Waals surface area contributed by atoms with Gasteiger partial charge in [-0.05, 0) is 26.8 Å². The maximum absolute atomic E-state index is 12.8. The molecule has 3 aromatic rings. The molecule has 0 saturated carbocycles. The predicted octanol–water partition coefficient (Wildman–Crippen LogP) is 4.20. The van der Waals surface area contributed by atoms with Crippen molar-refractivity contribution >= 4 is 44.6 Å². The van der Waals surface area contributed by atoms with Crippen LogP contribution >= 0.6 is 34.5 Å². The van der Waals surface area contributed by atoms with E-state index in [2.05, 4.69) is 15.2 Å². The third kappa shape index (κ3) is 6.31. The number of aromatic nitrogens is 3. The molecule has 1 aromatic carbocycles. The Kier molecular flexibility index (Phi) is 7.87. The van der Waals surface area contributed by atoms with Crippen molar-refractivity contribution in [3.63, 3.8) is 0 Å². The second-order valence-corrected chi connectivity index (χ2v) is 11.5. The van der Waals surface area contributed by atoms with Crippen molar-refractivity contribution in [1.82, 2.24) is 19.9 Å². The maximum atomic E-state index is 12.8. The molecule has 2 aromatic heterocycles. The lowest BCUT2D eigenvalue weighted by molar-refractivity contribution is -0.147. The van der Waals surface area contributed by atoms with Crippen LogP contribution in [0, 0.1) is 0 Å². The van der Waals surface area contributed by atoms with Crippen molar-refractivity contribution < 1.29 is 36.2 Å². The first-order valence-electron chi connectivity index (χ1n) is 9.76. The minimum Gasteiger partial charge on any atom is -0.419 e. The zero-order chi connectivity index (χ0) is 26.3. The minimum atomic E-state index is -4.81. The van der Waals surface area contributed by atoms with Crippen LogP contribution in [0.2, 0.25) is 10.0 Å². The summed E-state index contributed by atoms with van der Waals surface area (Å²) in [7, 11) is -4.66. The number of hydrogen-bond donors (Lipinski definition) is 3. The highest BCUT2D eigenvalue weighted by molar-refractivity contribution is 7.89. The average Bonchev–Trinajstić information content (AvgIpc) is 3.34. The zero-order valence-electron chi connectivity index (χ0n) is 18.3. The Morgan fingerprint density at radius 2 is 1.86 bits per heavy atom. The van der Waals surface area contributed by atoms with Crippen LogP contribution in [0.25, 0.3) is 21.3 Å². The first-order valence-corrected chi connectivity index (χ1v) is 12.8. The first-order chi connectivity index (χ1) is 16.0. The van der Waals surface area contributed by atoms with Crippen molar-refractivity contribution in [2.24, 2.45) is 0 Å². The van der Waals surface area contributed by atoms with Gasteiger partial charge >= 0.3 is 6.18 Å². The van der Waals surface area contributed by atoms with Gasteiger partial charge in [-0.1, -0.05) is 29.3 Å². The van der Waals surface area contributed by atoms with E-state index in [1.165, 1.54) is 10.8 Å². The SMILES string of the molecule is C[C@H](NS(=O)(=O)c1ccc(-c2sc(-c3nnc(CC(C)(C)O)o3)nc2CO)c(Cl)c1Cl)C(F)(F)F. The Morgan fingerprint density at radius 3 is 2.43 bits per heavy atom. The first kappa shape index (κ1) is 27.8. The monoisotopic (exact) mass is 574 g/mol. The Balaban J connectivity index is 1.99. The van der Waals surface area contributed by atoms with E-state index in [1.807, 2.05) is 0 Å². The fraction of sp³-hybridized carbons (Fsp3) is 0.421. The number of halogens is 5. The standard InChI is InChI=1S/C19H19Cl2F3N4O5S2/c1-8(19(22,23)24)28-35(31,32)11-5-4-9(13(20)14(11)21)15-10(7-29)25-17(34-15)16-27-26-12(33-16)6-18(2,3)30/h4-5,8,28-30H,6-7H2,1-3H3/t8-/m0/s1. The lowest BCUT2D eigenvalue weighted by atomic mass is 10.1. The molecular weight excluding hydrogens is 556 g/mol. The lowest BCUT2D eigenvalue weighted by Gasteiger charge is -2.18. The average molecular weight is 575 g/mol. The Bertz CT molecular complexity index is 1340. The van der Waals surface area contributed by atoms with Gasteiger partial charge < -0.3 is 14.6 Å². The van der Waals surface area contributed by atoms with E-state index in [0.717, 1.165) is 17.4 Å². The molecule has 0 radical (unpaired) electrons. The highest BCUT2D eigenvalue weighted by Crippen LogP contribution is 2.43. The molecule has 0 saturated heterocycles. The van der Waals surface area contributed by atoms with Crippen molar-refractivity contribution in [3.05, 3.63) is 33.8 Å². The number of rotatable bonds is 8. The van der Waals surface area contributed by atoms with E-state index in [4.69, 9.17) is 27.6 Å². The number of hydrogen-bond acceptors (Lipinski definition) is 9. The van der Waals surface area contributed by atoms with Gasteiger partial charge in [0.25, 0.3) is 5.89 Å². The number of benzene rings is 1. The van der Waals surface area contributed by atoms with Crippen LogP contribution in [-0.4, -0.2) is 51.6 Å². The third-order valence-corrected chi connectivity index (χ3v) is 8.18. The molecule has 0 bridgehead atoms. The summed E-state index contributed by atoms with van der Waals surface area (Å²) in [5.41, 5.74) is -0.763. The van der Waals surface area contributed by atoms with Crippen molar-refractivity contribution in [1.29, 1.82) is 0 Å². The van der Waals surface area contributed by atoms with E-state index in [1.54, 1.807) is 13.8 Å². The molecule has 0 aliphatic heterocycles. The van der Waals surface area contributed by atoms with Crippen LogP contribution in [0.1, 0.15) is 32.4 Å². The molecular formula is C19H19Cl2F3N4O5S2. The number of nitrogens with one attached hydrogen (secondary N) is 1. The highest BCUT2D eigenvalue weighted by atomic mass is 35.5. The lowest BCUT2D eigenvalue weighted by Crippen LogP contribution is -2.43. The second kappa shape index (κ2) is 9.92. The second-order valence-electron chi connectivity index (χ2n) is 8.07. The highest BCUT2D eigenvalue weighted by Gasteiger charge is 2.39. The molecule has 35 heavy (non-hydrogen) atoms. The molecule has 0 unspecified atom stereocenters. The summed E-state index contributed by atoms with van der Waals surface area (Å²) in [5.74, 6) is 0.174. The molecule has 16 heteroatoms. The van der Waals surface area contributed by atoms with E-state index < -0.39 is 44.4 Å². The van der Waals surface area contributed by atoms with E-state index >= 15 is 0 Å². The molecule has 0 spiro atoms. The summed E-state index contributed by atoms with van der Waals surface area (Å²) in [5, 5.41) is 26.9. The quantitative estimate of drug-likeness (QED) is 0.364. The Morgan fingerprint density at radius 1 is 1.20 bits per heavy atom. The van der Waals surface area contributed by atoms with Crippen molar-refractivity contribution in [3.8, 4) is 21.3 Å². The molecule has 192 valence electrons. The van der Waals surface area contributed by atoms with E-state index in [-0.39, 0.29) is 39.5 Å². The molecule has 1 atom stereocenters. The van der Waals surface area contributed by atoms with Gasteiger partial charge in [0.15, 0.2) is 5.01 Å². The summed E-state index contributed by atoms with van der Waals surface area (Å²) in [4.78, 5) is 3.90. The van der Waals surface area contributed by atoms with Gasteiger partial charge in [-0.3, -0.25) is 0 Å². The molecule has 0 fully saturated rings. The molecule has 3 rings (SSSR count). The molecule has 0 amide bonds. The number of aliphatic hydroxyl groups excluding tert-OH is 1. The number of alkyl halides is 3. The van der Waals surface area contributed by atoms with Crippen molar-refractivity contribution in [2.45, 2.75) is 56.5 Å². The summed E-state index contributed by atoms with van der Waals surface area (Å²) in [6, 6.07) is -0.114. The fourth-order valence-corrected chi connectivity index (χ4v) is 6.00. The molecule has 0 aliphatic carbocycles. The van der Waals surface area contributed by atoms with Crippen LogP contribution in [0.3, 0.4) is 0 Å². The van der Waals surface area contributed by atoms with Gasteiger partial charge in [-0.2, -0.15) is 17.9 Å². The van der Waals surface area contributed by atoms with E-state index in [9.17, 15) is 31.8 Å². The van der Waals surface area contributed by atoms with Gasteiger partial charge in [0.2, 0.25) is 15.9 Å².